The Kier molecular flexibility index (Phi) is 8.81. The Morgan fingerprint density at radius 2 is 0.574 bits per heavy atom. The molecule has 0 saturated heterocycles. The van der Waals surface area contributed by atoms with E-state index in [4.69, 9.17) is 24.9 Å². The summed E-state index contributed by atoms with van der Waals surface area (Å²) < 4.78 is 0. The Labute approximate surface area is 313 Å². The first kappa shape index (κ1) is 32.5. The summed E-state index contributed by atoms with van der Waals surface area (Å²) in [7, 11) is 0. The lowest BCUT2D eigenvalue weighted by atomic mass is 10.00. The van der Waals surface area contributed by atoms with Crippen molar-refractivity contribution < 1.29 is 0 Å². The van der Waals surface area contributed by atoms with Crippen molar-refractivity contribution in [2.75, 3.05) is 0 Å². The van der Waals surface area contributed by atoms with Gasteiger partial charge in [0.25, 0.3) is 0 Å². The minimum atomic E-state index is 0.610. The van der Waals surface area contributed by atoms with E-state index >= 15 is 0 Å². The van der Waals surface area contributed by atoms with Gasteiger partial charge in [-0.1, -0.05) is 158 Å². The highest BCUT2D eigenvalue weighted by molar-refractivity contribution is 5.77. The van der Waals surface area contributed by atoms with Gasteiger partial charge in [0, 0.05) is 45.8 Å². The molecule has 3 aromatic heterocycles. The van der Waals surface area contributed by atoms with Gasteiger partial charge in [0.1, 0.15) is 0 Å². The molecule has 0 aliphatic carbocycles. The van der Waals surface area contributed by atoms with Crippen LogP contribution in [0.15, 0.2) is 194 Å². The minimum absolute atomic E-state index is 0.610. The van der Waals surface area contributed by atoms with Gasteiger partial charge in [0.05, 0.1) is 11.4 Å². The maximum absolute atomic E-state index is 5.01. The zero-order chi connectivity index (χ0) is 36.1. The molecule has 9 rings (SSSR count). The first-order chi connectivity index (χ1) is 26.7. The second-order valence-electron chi connectivity index (χ2n) is 12.8. The van der Waals surface area contributed by atoms with E-state index < -0.39 is 0 Å². The van der Waals surface area contributed by atoms with Gasteiger partial charge in [0.2, 0.25) is 0 Å². The first-order valence-electron chi connectivity index (χ1n) is 17.8. The predicted molar refractivity (Wildman–Crippen MR) is 217 cm³/mol. The maximum Gasteiger partial charge on any atom is 0.164 e. The van der Waals surface area contributed by atoms with Crippen molar-refractivity contribution in [1.82, 2.24) is 29.9 Å². The van der Waals surface area contributed by atoms with Gasteiger partial charge >= 0.3 is 0 Å². The van der Waals surface area contributed by atoms with Crippen molar-refractivity contribution in [1.29, 1.82) is 0 Å². The fraction of sp³-hybridized carbons (Fsp3) is 0. The molecule has 254 valence electrons. The van der Waals surface area contributed by atoms with Crippen LogP contribution in [-0.2, 0) is 0 Å². The number of aromatic nitrogens is 6. The van der Waals surface area contributed by atoms with E-state index in [1.807, 2.05) is 91.0 Å². The number of rotatable bonds is 8. The SMILES string of the molecule is c1ccc(-c2cc(-c3ccc(-c4cccc(-c5nc(-c6ccccc6)nc(-c6ccc(-c7ccncc7)cc6)n5)c4)cc3)nc(-c3ccccc3)n2)cc1. The monoisotopic (exact) mass is 692 g/mol. The Morgan fingerprint density at radius 1 is 0.222 bits per heavy atom. The van der Waals surface area contributed by atoms with Crippen molar-refractivity contribution in [3.8, 4) is 90.3 Å². The zero-order valence-electron chi connectivity index (χ0n) is 29.2. The molecule has 0 atom stereocenters. The van der Waals surface area contributed by atoms with Crippen LogP contribution in [0.4, 0.5) is 0 Å². The second-order valence-corrected chi connectivity index (χ2v) is 12.8. The van der Waals surface area contributed by atoms with Crippen LogP contribution in [0.1, 0.15) is 0 Å². The third-order valence-electron chi connectivity index (χ3n) is 9.29. The molecule has 0 amide bonds. The number of benzene rings is 6. The van der Waals surface area contributed by atoms with Gasteiger partial charge in [-0.25, -0.2) is 24.9 Å². The van der Waals surface area contributed by atoms with E-state index in [1.165, 1.54) is 0 Å². The quantitative estimate of drug-likeness (QED) is 0.158. The van der Waals surface area contributed by atoms with Gasteiger partial charge in [-0.2, -0.15) is 0 Å². The Bertz CT molecular complexity index is 2610. The van der Waals surface area contributed by atoms with E-state index in [2.05, 4.69) is 96.0 Å². The standard InChI is InChI=1S/C48H32N6/c1-4-11-36(12-5-1)43-32-44(51-45(50-43)38-13-6-2-7-14-38)37-23-19-34(20-24-37)41-17-10-18-42(31-41)48-53-46(39-15-8-3-9-16-39)52-47(54-48)40-25-21-33(22-26-40)35-27-29-49-30-28-35/h1-32H. The summed E-state index contributed by atoms with van der Waals surface area (Å²) in [6.07, 6.45) is 3.61. The van der Waals surface area contributed by atoms with E-state index in [0.29, 0.717) is 23.3 Å². The molecular formula is C48H32N6. The van der Waals surface area contributed by atoms with Crippen LogP contribution >= 0.6 is 0 Å². The van der Waals surface area contributed by atoms with E-state index in [1.54, 1.807) is 12.4 Å². The van der Waals surface area contributed by atoms with Gasteiger partial charge < -0.3 is 0 Å². The molecule has 3 heterocycles. The molecule has 0 aliphatic heterocycles. The van der Waals surface area contributed by atoms with E-state index in [-0.39, 0.29) is 0 Å². The number of hydrogen-bond donors (Lipinski definition) is 0. The van der Waals surface area contributed by atoms with E-state index in [0.717, 1.165) is 67.0 Å². The summed E-state index contributed by atoms with van der Waals surface area (Å²) in [5.41, 5.74) is 11.9. The molecule has 0 fully saturated rings. The van der Waals surface area contributed by atoms with Crippen LogP contribution in [0, 0.1) is 0 Å². The van der Waals surface area contributed by atoms with Crippen molar-refractivity contribution in [2.45, 2.75) is 0 Å². The Hall–Kier alpha value is -7.44. The Morgan fingerprint density at radius 3 is 1.13 bits per heavy atom. The highest BCUT2D eigenvalue weighted by atomic mass is 15.0. The molecular weight excluding hydrogens is 661 g/mol. The number of hydrogen-bond acceptors (Lipinski definition) is 6. The summed E-state index contributed by atoms with van der Waals surface area (Å²) in [6.45, 7) is 0. The molecule has 0 unspecified atom stereocenters. The van der Waals surface area contributed by atoms with Crippen LogP contribution in [0.2, 0.25) is 0 Å². The van der Waals surface area contributed by atoms with Crippen molar-refractivity contribution >= 4 is 0 Å². The van der Waals surface area contributed by atoms with Crippen LogP contribution in [0.25, 0.3) is 90.3 Å². The molecule has 6 nitrogen and oxygen atoms in total. The topological polar surface area (TPSA) is 77.3 Å². The molecule has 6 aromatic carbocycles. The van der Waals surface area contributed by atoms with Crippen molar-refractivity contribution in [2.24, 2.45) is 0 Å². The predicted octanol–water partition coefficient (Wildman–Crippen LogP) is 11.4. The van der Waals surface area contributed by atoms with Crippen LogP contribution in [0.5, 0.6) is 0 Å². The lowest BCUT2D eigenvalue weighted by Crippen LogP contribution is -2.00. The molecule has 0 aliphatic rings. The summed E-state index contributed by atoms with van der Waals surface area (Å²) in [4.78, 5) is 29.0. The lowest BCUT2D eigenvalue weighted by molar-refractivity contribution is 1.07. The second kappa shape index (κ2) is 14.7. The summed E-state index contributed by atoms with van der Waals surface area (Å²) in [5.74, 6) is 2.54. The first-order valence-corrected chi connectivity index (χ1v) is 17.8. The van der Waals surface area contributed by atoms with Gasteiger partial charge in [0.15, 0.2) is 23.3 Å². The molecule has 54 heavy (non-hydrogen) atoms. The van der Waals surface area contributed by atoms with Gasteiger partial charge in [-0.15, -0.1) is 0 Å². The molecule has 6 heteroatoms. The molecule has 0 saturated carbocycles. The Balaban J connectivity index is 1.06. The van der Waals surface area contributed by atoms with Crippen molar-refractivity contribution in [3.05, 3.63) is 194 Å². The molecule has 0 bridgehead atoms. The van der Waals surface area contributed by atoms with E-state index in [9.17, 15) is 0 Å². The van der Waals surface area contributed by atoms with Crippen LogP contribution < -0.4 is 0 Å². The minimum Gasteiger partial charge on any atom is -0.265 e. The summed E-state index contributed by atoms with van der Waals surface area (Å²) in [6, 6.07) is 61.6. The lowest BCUT2D eigenvalue weighted by Gasteiger charge is -2.11. The normalized spacial score (nSPS) is 11.0. The number of nitrogens with zero attached hydrogens (tertiary/aromatic N) is 6. The average molecular weight is 693 g/mol. The fourth-order valence-corrected chi connectivity index (χ4v) is 6.45. The molecule has 9 aromatic rings. The highest BCUT2D eigenvalue weighted by Gasteiger charge is 2.14. The summed E-state index contributed by atoms with van der Waals surface area (Å²) >= 11 is 0. The molecule has 0 N–H and O–H groups in total. The third-order valence-corrected chi connectivity index (χ3v) is 9.29. The molecule has 0 spiro atoms. The average Bonchev–Trinajstić information content (AvgIpc) is 3.27. The number of pyridine rings is 1. The fourth-order valence-electron chi connectivity index (χ4n) is 6.45. The van der Waals surface area contributed by atoms with Crippen LogP contribution in [0.3, 0.4) is 0 Å². The van der Waals surface area contributed by atoms with Crippen molar-refractivity contribution in [3.63, 3.8) is 0 Å². The third kappa shape index (κ3) is 6.92. The molecule has 0 radical (unpaired) electrons. The smallest absolute Gasteiger partial charge is 0.164 e. The highest BCUT2D eigenvalue weighted by Crippen LogP contribution is 2.32. The van der Waals surface area contributed by atoms with Crippen LogP contribution in [-0.4, -0.2) is 29.9 Å². The van der Waals surface area contributed by atoms with Gasteiger partial charge in [-0.05, 0) is 46.5 Å². The van der Waals surface area contributed by atoms with Gasteiger partial charge in [-0.3, -0.25) is 4.98 Å². The summed E-state index contributed by atoms with van der Waals surface area (Å²) in [5, 5.41) is 0. The maximum atomic E-state index is 5.01. The largest absolute Gasteiger partial charge is 0.265 e. The zero-order valence-corrected chi connectivity index (χ0v) is 29.2.